The van der Waals surface area contributed by atoms with Gasteiger partial charge in [-0.1, -0.05) is 6.58 Å². The van der Waals surface area contributed by atoms with E-state index in [4.69, 9.17) is 9.47 Å². The predicted octanol–water partition coefficient (Wildman–Crippen LogP) is 1.85. The molecule has 1 unspecified atom stereocenters. The van der Waals surface area contributed by atoms with Crippen molar-refractivity contribution >= 4 is 5.97 Å². The Hall–Kier alpha value is -0.910. The molecule has 1 atom stereocenters. The number of hydrogen-bond acceptors (Lipinski definition) is 5. The third-order valence-corrected chi connectivity index (χ3v) is 3.87. The lowest BCUT2D eigenvalue weighted by molar-refractivity contribution is -0.188. The van der Waals surface area contributed by atoms with E-state index in [1.54, 1.807) is 0 Å². The zero-order chi connectivity index (χ0) is 15.0. The molecular formula is C15H25NO4. The van der Waals surface area contributed by atoms with Crippen molar-refractivity contribution < 1.29 is 19.4 Å². The molecular weight excluding hydrogens is 258 g/mol. The fourth-order valence-corrected chi connectivity index (χ4v) is 2.93. The van der Waals surface area contributed by atoms with Crippen molar-refractivity contribution in [1.29, 1.82) is 0 Å². The maximum Gasteiger partial charge on any atom is 0.334 e. The SMILES string of the molecule is C=C1CC2(CCC(NC(O)OC(C)(C)C)CC2)OC1=O. The highest BCUT2D eigenvalue weighted by Crippen LogP contribution is 2.41. The van der Waals surface area contributed by atoms with Crippen LogP contribution in [0.5, 0.6) is 0 Å². The fourth-order valence-electron chi connectivity index (χ4n) is 2.93. The molecule has 5 heteroatoms. The average molecular weight is 283 g/mol. The van der Waals surface area contributed by atoms with Crippen LogP contribution in [0.3, 0.4) is 0 Å². The summed E-state index contributed by atoms with van der Waals surface area (Å²) in [4.78, 5) is 11.5. The lowest BCUT2D eigenvalue weighted by Crippen LogP contribution is -2.47. The van der Waals surface area contributed by atoms with Gasteiger partial charge in [0.15, 0.2) is 0 Å². The molecule has 2 fully saturated rings. The Bertz CT molecular complexity index is 373. The lowest BCUT2D eigenvalue weighted by atomic mass is 9.80. The lowest BCUT2D eigenvalue weighted by Gasteiger charge is -2.37. The van der Waals surface area contributed by atoms with Gasteiger partial charge in [0.2, 0.25) is 6.41 Å². The molecule has 2 N–H and O–H groups in total. The summed E-state index contributed by atoms with van der Waals surface area (Å²) in [5.41, 5.74) is -0.157. The summed E-state index contributed by atoms with van der Waals surface area (Å²) in [5, 5.41) is 12.9. The van der Waals surface area contributed by atoms with Gasteiger partial charge in [0, 0.05) is 18.0 Å². The molecule has 5 nitrogen and oxygen atoms in total. The Morgan fingerprint density at radius 1 is 1.45 bits per heavy atom. The monoisotopic (exact) mass is 283 g/mol. The number of carbonyl (C=O) groups is 1. The zero-order valence-corrected chi connectivity index (χ0v) is 12.6. The van der Waals surface area contributed by atoms with Crippen LogP contribution in [0.25, 0.3) is 0 Å². The van der Waals surface area contributed by atoms with E-state index in [2.05, 4.69) is 11.9 Å². The van der Waals surface area contributed by atoms with E-state index in [9.17, 15) is 9.90 Å². The minimum atomic E-state index is -0.963. The Balaban J connectivity index is 1.80. The van der Waals surface area contributed by atoms with Crippen molar-refractivity contribution in [2.45, 2.75) is 76.5 Å². The second-order valence-corrected chi connectivity index (χ2v) is 6.88. The number of ether oxygens (including phenoxy) is 2. The normalized spacial score (nSPS) is 32.5. The topological polar surface area (TPSA) is 67.8 Å². The van der Waals surface area contributed by atoms with Gasteiger partial charge in [-0.15, -0.1) is 0 Å². The number of esters is 1. The summed E-state index contributed by atoms with van der Waals surface area (Å²) in [5.74, 6) is -0.257. The second kappa shape index (κ2) is 5.47. The number of aliphatic hydroxyl groups excluding tert-OH is 1. The molecule has 2 aliphatic rings. The van der Waals surface area contributed by atoms with E-state index in [0.717, 1.165) is 25.7 Å². The minimum Gasteiger partial charge on any atom is -0.455 e. The zero-order valence-electron chi connectivity index (χ0n) is 12.6. The quantitative estimate of drug-likeness (QED) is 0.470. The van der Waals surface area contributed by atoms with Crippen LogP contribution in [-0.4, -0.2) is 34.7 Å². The van der Waals surface area contributed by atoms with Crippen LogP contribution in [0.15, 0.2) is 12.2 Å². The highest BCUT2D eigenvalue weighted by molar-refractivity contribution is 5.90. The molecule has 2 rings (SSSR count). The van der Waals surface area contributed by atoms with Gasteiger partial charge in [0.05, 0.1) is 5.60 Å². The fraction of sp³-hybridized carbons (Fsp3) is 0.800. The number of hydrogen-bond donors (Lipinski definition) is 2. The van der Waals surface area contributed by atoms with Gasteiger partial charge < -0.3 is 14.6 Å². The van der Waals surface area contributed by atoms with Crippen LogP contribution < -0.4 is 5.32 Å². The van der Waals surface area contributed by atoms with Gasteiger partial charge in [-0.2, -0.15) is 0 Å². The summed E-state index contributed by atoms with van der Waals surface area (Å²) in [6.07, 6.45) is 2.99. The number of aliphatic hydroxyl groups is 1. The van der Waals surface area contributed by atoms with Crippen LogP contribution in [0.2, 0.25) is 0 Å². The largest absolute Gasteiger partial charge is 0.455 e. The van der Waals surface area contributed by atoms with Crippen molar-refractivity contribution in [1.82, 2.24) is 5.32 Å². The summed E-state index contributed by atoms with van der Waals surface area (Å²) >= 11 is 0. The van der Waals surface area contributed by atoms with Gasteiger partial charge in [0.1, 0.15) is 5.60 Å². The predicted molar refractivity (Wildman–Crippen MR) is 74.8 cm³/mol. The van der Waals surface area contributed by atoms with E-state index in [-0.39, 0.29) is 23.2 Å². The first-order chi connectivity index (χ1) is 9.19. The molecule has 0 aromatic carbocycles. The molecule has 0 aromatic rings. The van der Waals surface area contributed by atoms with E-state index in [1.165, 1.54) is 0 Å². The molecule has 1 aliphatic heterocycles. The summed E-state index contributed by atoms with van der Waals surface area (Å²) in [6.45, 7) is 9.44. The third-order valence-electron chi connectivity index (χ3n) is 3.87. The van der Waals surface area contributed by atoms with Crippen LogP contribution in [0.4, 0.5) is 0 Å². The molecule has 0 aromatic heterocycles. The minimum absolute atomic E-state index is 0.186. The van der Waals surface area contributed by atoms with Crippen LogP contribution in [-0.2, 0) is 14.3 Å². The summed E-state index contributed by atoms with van der Waals surface area (Å²) < 4.78 is 10.9. The Kier molecular flexibility index (Phi) is 4.23. The maximum atomic E-state index is 11.5. The molecule has 1 heterocycles. The molecule has 1 saturated heterocycles. The standard InChI is InChI=1S/C15H25NO4/c1-10-9-15(19-12(10)17)7-5-11(6-8-15)16-13(18)20-14(2,3)4/h11,13,16,18H,1,5-9H2,2-4H3. The Morgan fingerprint density at radius 3 is 2.50 bits per heavy atom. The number of carbonyl (C=O) groups excluding carboxylic acids is 1. The first-order valence-electron chi connectivity index (χ1n) is 7.22. The van der Waals surface area contributed by atoms with E-state index in [0.29, 0.717) is 12.0 Å². The third kappa shape index (κ3) is 3.81. The Labute approximate surface area is 120 Å². The van der Waals surface area contributed by atoms with Gasteiger partial charge >= 0.3 is 5.97 Å². The first-order valence-corrected chi connectivity index (χ1v) is 7.22. The Morgan fingerprint density at radius 2 is 2.05 bits per heavy atom. The van der Waals surface area contributed by atoms with Crippen molar-refractivity contribution in [3.8, 4) is 0 Å². The summed E-state index contributed by atoms with van der Waals surface area (Å²) in [7, 11) is 0. The van der Waals surface area contributed by atoms with E-state index >= 15 is 0 Å². The smallest absolute Gasteiger partial charge is 0.334 e. The van der Waals surface area contributed by atoms with Gasteiger partial charge in [-0.3, -0.25) is 5.32 Å². The molecule has 114 valence electrons. The molecule has 0 bridgehead atoms. The van der Waals surface area contributed by atoms with Crippen LogP contribution >= 0.6 is 0 Å². The maximum absolute atomic E-state index is 11.5. The van der Waals surface area contributed by atoms with Crippen molar-refractivity contribution in [2.24, 2.45) is 0 Å². The summed E-state index contributed by atoms with van der Waals surface area (Å²) in [6, 6.07) is 0.186. The molecule has 20 heavy (non-hydrogen) atoms. The van der Waals surface area contributed by atoms with Gasteiger partial charge in [-0.25, -0.2) is 4.79 Å². The van der Waals surface area contributed by atoms with Gasteiger partial charge in [-0.05, 0) is 46.5 Å². The molecule has 0 radical (unpaired) electrons. The van der Waals surface area contributed by atoms with E-state index in [1.807, 2.05) is 20.8 Å². The van der Waals surface area contributed by atoms with Crippen LogP contribution in [0.1, 0.15) is 52.9 Å². The van der Waals surface area contributed by atoms with Crippen molar-refractivity contribution in [3.05, 3.63) is 12.2 Å². The van der Waals surface area contributed by atoms with E-state index < -0.39 is 6.41 Å². The average Bonchev–Trinajstić information content (AvgIpc) is 2.56. The van der Waals surface area contributed by atoms with Crippen molar-refractivity contribution in [3.63, 3.8) is 0 Å². The highest BCUT2D eigenvalue weighted by atomic mass is 16.6. The number of nitrogens with one attached hydrogen (secondary N) is 1. The highest BCUT2D eigenvalue weighted by Gasteiger charge is 2.45. The molecule has 1 spiro atoms. The van der Waals surface area contributed by atoms with Crippen LogP contribution in [0, 0.1) is 0 Å². The molecule has 1 saturated carbocycles. The molecule has 1 aliphatic carbocycles. The first kappa shape index (κ1) is 15.5. The molecule has 0 amide bonds. The van der Waals surface area contributed by atoms with Gasteiger partial charge in [0.25, 0.3) is 0 Å². The van der Waals surface area contributed by atoms with Crippen molar-refractivity contribution in [2.75, 3.05) is 0 Å². The number of rotatable bonds is 3. The second-order valence-electron chi connectivity index (χ2n) is 6.88.